The summed E-state index contributed by atoms with van der Waals surface area (Å²) < 4.78 is 5.43. The summed E-state index contributed by atoms with van der Waals surface area (Å²) in [5.74, 6) is -0.307. The van der Waals surface area contributed by atoms with Gasteiger partial charge in [0.25, 0.3) is 11.5 Å². The maximum absolute atomic E-state index is 13.0. The number of aromatic amines is 1. The van der Waals surface area contributed by atoms with Crippen LogP contribution in [0.15, 0.2) is 23.0 Å². The topological polar surface area (TPSA) is 94.7 Å². The molecule has 2 aromatic rings. The molecular weight excluding hydrogens is 456 g/mol. The second kappa shape index (κ2) is 9.70. The Kier molecular flexibility index (Phi) is 7.31. The third-order valence-corrected chi connectivity index (χ3v) is 6.17. The van der Waals surface area contributed by atoms with Crippen LogP contribution < -0.4 is 15.8 Å². The lowest BCUT2D eigenvalue weighted by molar-refractivity contribution is 0.00851. The number of halogens is 1. The zero-order valence-electron chi connectivity index (χ0n) is 20.8. The summed E-state index contributed by atoms with van der Waals surface area (Å²) in [4.78, 5) is 44.0. The largest absolute Gasteiger partial charge is 0.444 e. The van der Waals surface area contributed by atoms with E-state index in [2.05, 4.69) is 10.3 Å². The smallest absolute Gasteiger partial charge is 0.410 e. The number of hydrogen-bond donors (Lipinski definition) is 2. The molecule has 3 rings (SSSR count). The van der Waals surface area contributed by atoms with Gasteiger partial charge in [0, 0.05) is 54.2 Å². The SMILES string of the molecule is Cc1cc(C)c(CNC(=O)c2cc(Cl)cc(N(C)C3CN(C(=O)OC(C)(C)C)C3)c2C)c(=O)[nH]1. The Labute approximate surface area is 205 Å². The van der Waals surface area contributed by atoms with Crippen molar-refractivity contribution in [2.24, 2.45) is 0 Å². The molecule has 0 unspecified atom stereocenters. The fourth-order valence-electron chi connectivity index (χ4n) is 4.00. The highest BCUT2D eigenvalue weighted by Crippen LogP contribution is 2.31. The fraction of sp³-hybridized carbons (Fsp3) is 0.480. The first-order chi connectivity index (χ1) is 15.8. The van der Waals surface area contributed by atoms with Crippen LogP contribution in [0.25, 0.3) is 0 Å². The number of carbonyl (C=O) groups is 2. The van der Waals surface area contributed by atoms with Gasteiger partial charge < -0.3 is 24.8 Å². The number of aryl methyl sites for hydroxylation is 2. The van der Waals surface area contributed by atoms with Crippen molar-refractivity contribution >= 4 is 29.3 Å². The second-order valence-electron chi connectivity index (χ2n) is 9.87. The Balaban J connectivity index is 1.72. The van der Waals surface area contributed by atoms with Gasteiger partial charge in [-0.15, -0.1) is 0 Å². The molecule has 1 fully saturated rings. The molecule has 1 saturated heterocycles. The molecule has 0 aliphatic carbocycles. The van der Waals surface area contributed by atoms with E-state index >= 15 is 0 Å². The standard InChI is InChI=1S/C25H33ClN4O4/c1-14-8-15(2)28-23(32)20(14)11-27-22(31)19-9-17(26)10-21(16(19)3)29(7)18-12-30(13-18)24(33)34-25(4,5)6/h8-10,18H,11-13H2,1-7H3,(H,27,31)(H,28,32). The van der Waals surface area contributed by atoms with Crippen molar-refractivity contribution in [1.29, 1.82) is 0 Å². The highest BCUT2D eigenvalue weighted by Gasteiger charge is 2.36. The quantitative estimate of drug-likeness (QED) is 0.664. The van der Waals surface area contributed by atoms with E-state index in [1.54, 1.807) is 11.0 Å². The molecule has 2 heterocycles. The molecule has 9 heteroatoms. The van der Waals surface area contributed by atoms with E-state index in [-0.39, 0.29) is 30.1 Å². The summed E-state index contributed by atoms with van der Waals surface area (Å²) in [5.41, 5.74) is 3.40. The normalized spacial score (nSPS) is 13.9. The molecule has 1 aromatic carbocycles. The molecule has 0 spiro atoms. The Morgan fingerprint density at radius 1 is 1.21 bits per heavy atom. The minimum Gasteiger partial charge on any atom is -0.444 e. The molecule has 2 amide bonds. The summed E-state index contributed by atoms with van der Waals surface area (Å²) in [7, 11) is 1.92. The maximum Gasteiger partial charge on any atom is 0.410 e. The van der Waals surface area contributed by atoms with E-state index in [0.717, 1.165) is 22.5 Å². The zero-order valence-corrected chi connectivity index (χ0v) is 21.6. The van der Waals surface area contributed by atoms with Crippen LogP contribution >= 0.6 is 11.6 Å². The van der Waals surface area contributed by atoms with Gasteiger partial charge in [-0.25, -0.2) is 4.79 Å². The van der Waals surface area contributed by atoms with E-state index in [0.29, 0.717) is 29.2 Å². The molecule has 0 saturated carbocycles. The van der Waals surface area contributed by atoms with Gasteiger partial charge in [0.15, 0.2) is 0 Å². The van der Waals surface area contributed by atoms with Crippen LogP contribution in [0.2, 0.25) is 5.02 Å². The summed E-state index contributed by atoms with van der Waals surface area (Å²) >= 11 is 6.37. The van der Waals surface area contributed by atoms with Crippen LogP contribution in [-0.2, 0) is 11.3 Å². The fourth-order valence-corrected chi connectivity index (χ4v) is 4.22. The summed E-state index contributed by atoms with van der Waals surface area (Å²) in [6.45, 7) is 12.2. The number of H-pyrrole nitrogens is 1. The first-order valence-electron chi connectivity index (χ1n) is 11.3. The van der Waals surface area contributed by atoms with E-state index in [4.69, 9.17) is 16.3 Å². The number of likely N-dealkylation sites (tertiary alicyclic amines) is 1. The predicted octanol–water partition coefficient (Wildman–Crippen LogP) is 3.94. The third kappa shape index (κ3) is 5.73. The van der Waals surface area contributed by atoms with Gasteiger partial charge in [0.2, 0.25) is 0 Å². The highest BCUT2D eigenvalue weighted by atomic mass is 35.5. The van der Waals surface area contributed by atoms with Gasteiger partial charge in [0.1, 0.15) is 5.60 Å². The van der Waals surface area contributed by atoms with E-state index in [1.807, 2.05) is 65.6 Å². The number of nitrogens with one attached hydrogen (secondary N) is 2. The van der Waals surface area contributed by atoms with Crippen molar-refractivity contribution < 1.29 is 14.3 Å². The number of nitrogens with zero attached hydrogens (tertiary/aromatic N) is 2. The van der Waals surface area contributed by atoms with Crippen molar-refractivity contribution in [3.63, 3.8) is 0 Å². The van der Waals surface area contributed by atoms with Gasteiger partial charge in [-0.3, -0.25) is 9.59 Å². The average molecular weight is 489 g/mol. The molecule has 2 N–H and O–H groups in total. The van der Waals surface area contributed by atoms with Gasteiger partial charge in [-0.2, -0.15) is 0 Å². The van der Waals surface area contributed by atoms with Crippen LogP contribution in [0.3, 0.4) is 0 Å². The number of anilines is 1. The van der Waals surface area contributed by atoms with Crippen LogP contribution in [-0.4, -0.2) is 53.7 Å². The Bertz CT molecular complexity index is 1160. The third-order valence-electron chi connectivity index (χ3n) is 5.95. The lowest BCUT2D eigenvalue weighted by Gasteiger charge is -2.45. The molecule has 1 aromatic heterocycles. The molecule has 34 heavy (non-hydrogen) atoms. The first-order valence-corrected chi connectivity index (χ1v) is 11.6. The molecular formula is C25H33ClN4O4. The maximum atomic E-state index is 13.0. The molecule has 8 nitrogen and oxygen atoms in total. The molecule has 0 radical (unpaired) electrons. The molecule has 1 aliphatic rings. The van der Waals surface area contributed by atoms with Crippen molar-refractivity contribution in [1.82, 2.24) is 15.2 Å². The van der Waals surface area contributed by atoms with E-state index < -0.39 is 5.60 Å². The van der Waals surface area contributed by atoms with Crippen molar-refractivity contribution in [3.8, 4) is 0 Å². The van der Waals surface area contributed by atoms with E-state index in [1.165, 1.54) is 0 Å². The van der Waals surface area contributed by atoms with Crippen molar-refractivity contribution in [3.05, 3.63) is 61.5 Å². The van der Waals surface area contributed by atoms with E-state index in [9.17, 15) is 14.4 Å². The number of aromatic nitrogens is 1. The monoisotopic (exact) mass is 488 g/mol. The number of amides is 2. The summed E-state index contributed by atoms with van der Waals surface area (Å²) in [5, 5.41) is 3.28. The van der Waals surface area contributed by atoms with Gasteiger partial charge in [0.05, 0.1) is 6.04 Å². The average Bonchev–Trinajstić information content (AvgIpc) is 2.65. The number of ether oxygens (including phenoxy) is 1. The number of hydrogen-bond acceptors (Lipinski definition) is 5. The minimum atomic E-state index is -0.540. The Hall–Kier alpha value is -3.00. The number of benzene rings is 1. The second-order valence-corrected chi connectivity index (χ2v) is 10.3. The first kappa shape index (κ1) is 25.6. The summed E-state index contributed by atoms with van der Waals surface area (Å²) in [6, 6.07) is 5.40. The Morgan fingerprint density at radius 3 is 2.44 bits per heavy atom. The molecule has 1 aliphatic heterocycles. The predicted molar refractivity (Wildman–Crippen MR) is 134 cm³/mol. The van der Waals surface area contributed by atoms with Crippen LogP contribution in [0.4, 0.5) is 10.5 Å². The molecule has 184 valence electrons. The zero-order chi connectivity index (χ0) is 25.4. The number of likely N-dealkylation sites (N-methyl/N-ethyl adjacent to an activating group) is 1. The number of carbonyl (C=O) groups excluding carboxylic acids is 2. The lowest BCUT2D eigenvalue weighted by atomic mass is 10.0. The van der Waals surface area contributed by atoms with Gasteiger partial charge in [-0.05, 0) is 70.9 Å². The number of pyridine rings is 1. The molecule has 0 bridgehead atoms. The Morgan fingerprint density at radius 2 is 1.85 bits per heavy atom. The number of rotatable bonds is 5. The minimum absolute atomic E-state index is 0.0781. The van der Waals surface area contributed by atoms with Crippen LogP contribution in [0, 0.1) is 20.8 Å². The summed E-state index contributed by atoms with van der Waals surface area (Å²) in [6.07, 6.45) is -0.332. The molecule has 0 atom stereocenters. The van der Waals surface area contributed by atoms with Gasteiger partial charge >= 0.3 is 6.09 Å². The van der Waals surface area contributed by atoms with Crippen LogP contribution in [0.1, 0.15) is 53.5 Å². The lowest BCUT2D eigenvalue weighted by Crippen LogP contribution is -2.61. The van der Waals surface area contributed by atoms with Crippen molar-refractivity contribution in [2.75, 3.05) is 25.0 Å². The highest BCUT2D eigenvalue weighted by molar-refractivity contribution is 6.31. The van der Waals surface area contributed by atoms with Gasteiger partial charge in [-0.1, -0.05) is 11.6 Å². The van der Waals surface area contributed by atoms with Crippen molar-refractivity contribution in [2.45, 2.75) is 59.7 Å². The van der Waals surface area contributed by atoms with Crippen LogP contribution in [0.5, 0.6) is 0 Å².